The number of allylic oxidation sites excluding steroid dienone is 1. The fraction of sp³-hybridized carbons (Fsp3) is 0.111. The average molecular weight is 399 g/mol. The van der Waals surface area contributed by atoms with Crippen molar-refractivity contribution in [1.29, 1.82) is 0 Å². The molecular weight excluding hydrogens is 385 g/mol. The Labute approximate surface area is 160 Å². The Morgan fingerprint density at radius 1 is 1.12 bits per heavy atom. The smallest absolute Gasteiger partial charge is 0.255 e. The molecule has 2 aromatic rings. The molecule has 0 atom stereocenters. The van der Waals surface area contributed by atoms with Crippen molar-refractivity contribution in [2.75, 3.05) is 6.61 Å². The van der Waals surface area contributed by atoms with Gasteiger partial charge in [-0.2, -0.15) is 0 Å². The number of carbonyl (C=O) groups is 2. The lowest BCUT2D eigenvalue weighted by Crippen LogP contribution is -2.20. The monoisotopic (exact) mass is 397 g/mol. The van der Waals surface area contributed by atoms with Crippen LogP contribution in [0.5, 0.6) is 5.75 Å². The molecule has 2 N–H and O–H groups in total. The predicted octanol–water partition coefficient (Wildman–Crippen LogP) is 4.72. The number of ketones is 1. The van der Waals surface area contributed by atoms with Gasteiger partial charge in [-0.1, -0.05) is 34.8 Å². The Morgan fingerprint density at radius 3 is 2.44 bits per heavy atom. The molecule has 0 radical (unpaired) electrons. The summed E-state index contributed by atoms with van der Waals surface area (Å²) in [4.78, 5) is 23.1. The van der Waals surface area contributed by atoms with Crippen molar-refractivity contribution in [1.82, 2.24) is 0 Å². The van der Waals surface area contributed by atoms with E-state index in [1.807, 2.05) is 0 Å². The summed E-state index contributed by atoms with van der Waals surface area (Å²) in [6.45, 7) is 1.54. The highest BCUT2D eigenvalue weighted by molar-refractivity contribution is 6.44. The van der Waals surface area contributed by atoms with Crippen molar-refractivity contribution in [3.05, 3.63) is 68.2 Å². The Bertz CT molecular complexity index is 863. The fourth-order valence-corrected chi connectivity index (χ4v) is 2.73. The highest BCUT2D eigenvalue weighted by Crippen LogP contribution is 2.32. The molecule has 0 aliphatic carbocycles. The molecule has 4 nitrogen and oxygen atoms in total. The molecule has 0 aliphatic rings. The quantitative estimate of drug-likeness (QED) is 0.435. The van der Waals surface area contributed by atoms with Gasteiger partial charge in [-0.3, -0.25) is 9.59 Å². The maximum atomic E-state index is 12.3. The van der Waals surface area contributed by atoms with E-state index in [4.69, 9.17) is 45.3 Å². The SMILES string of the molecule is Cc1cc(C(=O)/C=C/c2c(Cl)ccc(Cl)c2Cl)ccc1OCC(N)=O. The van der Waals surface area contributed by atoms with Crippen LogP contribution in [-0.2, 0) is 4.79 Å². The van der Waals surface area contributed by atoms with Crippen LogP contribution >= 0.6 is 34.8 Å². The minimum atomic E-state index is -0.572. The van der Waals surface area contributed by atoms with Gasteiger partial charge in [-0.15, -0.1) is 0 Å². The van der Waals surface area contributed by atoms with Crippen molar-refractivity contribution < 1.29 is 14.3 Å². The van der Waals surface area contributed by atoms with E-state index in [-0.39, 0.29) is 17.4 Å². The normalized spacial score (nSPS) is 10.9. The molecule has 0 fully saturated rings. The highest BCUT2D eigenvalue weighted by atomic mass is 35.5. The summed E-state index contributed by atoms with van der Waals surface area (Å²) >= 11 is 18.1. The average Bonchev–Trinajstić information content (AvgIpc) is 2.56. The van der Waals surface area contributed by atoms with Crippen LogP contribution in [-0.4, -0.2) is 18.3 Å². The first kappa shape index (κ1) is 19.3. The van der Waals surface area contributed by atoms with E-state index in [1.165, 1.54) is 12.2 Å². The van der Waals surface area contributed by atoms with Gasteiger partial charge in [0.2, 0.25) is 0 Å². The third-order valence-electron chi connectivity index (χ3n) is 3.31. The molecular formula is C18H14Cl3NO3. The third kappa shape index (κ3) is 4.98. The van der Waals surface area contributed by atoms with Crippen LogP contribution in [0.1, 0.15) is 21.5 Å². The number of hydrogen-bond donors (Lipinski definition) is 1. The highest BCUT2D eigenvalue weighted by Gasteiger charge is 2.10. The van der Waals surface area contributed by atoms with Crippen LogP contribution in [0.4, 0.5) is 0 Å². The van der Waals surface area contributed by atoms with E-state index in [0.717, 1.165) is 0 Å². The number of carbonyl (C=O) groups excluding carboxylic acids is 2. The number of rotatable bonds is 6. The molecule has 25 heavy (non-hydrogen) atoms. The van der Waals surface area contributed by atoms with Crippen LogP contribution < -0.4 is 10.5 Å². The first-order valence-corrected chi connectivity index (χ1v) is 8.30. The van der Waals surface area contributed by atoms with Crippen LogP contribution in [0.15, 0.2) is 36.4 Å². The second-order valence-electron chi connectivity index (χ2n) is 5.19. The number of aryl methyl sites for hydroxylation is 1. The second-order valence-corrected chi connectivity index (χ2v) is 6.38. The zero-order valence-electron chi connectivity index (χ0n) is 13.2. The van der Waals surface area contributed by atoms with E-state index in [9.17, 15) is 9.59 Å². The molecule has 130 valence electrons. The summed E-state index contributed by atoms with van der Waals surface area (Å²) in [6.07, 6.45) is 2.88. The topological polar surface area (TPSA) is 69.4 Å². The largest absolute Gasteiger partial charge is 0.484 e. The first-order valence-electron chi connectivity index (χ1n) is 7.17. The Balaban J connectivity index is 2.20. The number of halogens is 3. The minimum Gasteiger partial charge on any atom is -0.484 e. The van der Waals surface area contributed by atoms with Gasteiger partial charge in [0, 0.05) is 16.1 Å². The van der Waals surface area contributed by atoms with Gasteiger partial charge in [0.15, 0.2) is 12.4 Å². The van der Waals surface area contributed by atoms with E-state index in [1.54, 1.807) is 37.3 Å². The number of primary amides is 1. The number of nitrogens with two attached hydrogens (primary N) is 1. The third-order valence-corrected chi connectivity index (χ3v) is 4.46. The summed E-state index contributed by atoms with van der Waals surface area (Å²) in [5.74, 6) is -0.324. The molecule has 0 aliphatic heterocycles. The summed E-state index contributed by atoms with van der Waals surface area (Å²) < 4.78 is 5.25. The summed E-state index contributed by atoms with van der Waals surface area (Å²) in [5, 5.41) is 1.03. The first-order chi connectivity index (χ1) is 11.8. The summed E-state index contributed by atoms with van der Waals surface area (Å²) in [5.41, 5.74) is 6.68. The zero-order valence-corrected chi connectivity index (χ0v) is 15.5. The minimum absolute atomic E-state index is 0.222. The van der Waals surface area contributed by atoms with Gasteiger partial charge in [-0.05, 0) is 55.0 Å². The van der Waals surface area contributed by atoms with Crippen molar-refractivity contribution in [2.45, 2.75) is 6.92 Å². The molecule has 0 saturated carbocycles. The van der Waals surface area contributed by atoms with Crippen LogP contribution in [0.25, 0.3) is 6.08 Å². The predicted molar refractivity (Wildman–Crippen MR) is 101 cm³/mol. The van der Waals surface area contributed by atoms with Gasteiger partial charge >= 0.3 is 0 Å². The van der Waals surface area contributed by atoms with Crippen molar-refractivity contribution in [3.63, 3.8) is 0 Å². The summed E-state index contributed by atoms with van der Waals surface area (Å²) in [6, 6.07) is 8.05. The van der Waals surface area contributed by atoms with Crippen LogP contribution in [0.2, 0.25) is 15.1 Å². The summed E-state index contributed by atoms with van der Waals surface area (Å²) in [7, 11) is 0. The molecule has 0 saturated heterocycles. The molecule has 1 amide bonds. The molecule has 0 spiro atoms. The van der Waals surface area contributed by atoms with Gasteiger partial charge in [0.05, 0.1) is 10.0 Å². The van der Waals surface area contributed by atoms with E-state index in [0.29, 0.717) is 32.5 Å². The Morgan fingerprint density at radius 2 is 1.80 bits per heavy atom. The van der Waals surface area contributed by atoms with Gasteiger partial charge in [0.25, 0.3) is 5.91 Å². The lowest BCUT2D eigenvalue weighted by atomic mass is 10.1. The van der Waals surface area contributed by atoms with Gasteiger partial charge in [0.1, 0.15) is 5.75 Å². The van der Waals surface area contributed by atoms with E-state index < -0.39 is 5.91 Å². The fourth-order valence-electron chi connectivity index (χ4n) is 2.06. The van der Waals surface area contributed by atoms with Crippen molar-refractivity contribution in [2.24, 2.45) is 5.73 Å². The molecule has 2 aromatic carbocycles. The second kappa shape index (κ2) is 8.39. The van der Waals surface area contributed by atoms with E-state index >= 15 is 0 Å². The Hall–Kier alpha value is -2.01. The zero-order chi connectivity index (χ0) is 18.6. The number of amides is 1. The van der Waals surface area contributed by atoms with Crippen LogP contribution in [0.3, 0.4) is 0 Å². The van der Waals surface area contributed by atoms with Crippen molar-refractivity contribution in [3.8, 4) is 5.75 Å². The van der Waals surface area contributed by atoms with E-state index in [2.05, 4.69) is 0 Å². The maximum absolute atomic E-state index is 12.3. The molecule has 2 rings (SSSR count). The molecule has 0 heterocycles. The number of benzene rings is 2. The lowest BCUT2D eigenvalue weighted by molar-refractivity contribution is -0.119. The number of ether oxygens (including phenoxy) is 1. The molecule has 0 bridgehead atoms. The molecule has 7 heteroatoms. The van der Waals surface area contributed by atoms with Crippen LogP contribution in [0, 0.1) is 6.92 Å². The lowest BCUT2D eigenvalue weighted by Gasteiger charge is -2.08. The molecule has 0 aromatic heterocycles. The van der Waals surface area contributed by atoms with Gasteiger partial charge in [-0.25, -0.2) is 0 Å². The maximum Gasteiger partial charge on any atom is 0.255 e. The number of hydrogen-bond acceptors (Lipinski definition) is 3. The van der Waals surface area contributed by atoms with Gasteiger partial charge < -0.3 is 10.5 Å². The molecule has 0 unspecified atom stereocenters. The van der Waals surface area contributed by atoms with Crippen molar-refractivity contribution >= 4 is 52.6 Å². The standard InChI is InChI=1S/C18H14Cl3NO3/c1-10-8-11(2-7-16(10)25-9-17(22)24)15(23)6-3-12-13(19)4-5-14(20)18(12)21/h2-8H,9H2,1H3,(H2,22,24)/b6-3+. The Kier molecular flexibility index (Phi) is 6.48.